The molecule has 0 radical (unpaired) electrons. The first-order valence-electron chi connectivity index (χ1n) is 7.81. The Labute approximate surface area is 126 Å². The molecule has 0 aromatic carbocycles. The first-order valence-corrected chi connectivity index (χ1v) is 9.66. The van der Waals surface area contributed by atoms with Crippen LogP contribution < -0.4 is 5.32 Å². The van der Waals surface area contributed by atoms with Crippen molar-refractivity contribution < 1.29 is 18.3 Å². The van der Waals surface area contributed by atoms with E-state index in [1.54, 1.807) is 0 Å². The van der Waals surface area contributed by atoms with Crippen molar-refractivity contribution in [1.29, 1.82) is 0 Å². The number of sulfonamides is 1. The molecule has 2 aliphatic rings. The number of carbonyl (C=O) groups excluding carboxylic acids is 1. The highest BCUT2D eigenvalue weighted by Crippen LogP contribution is 2.22. The fraction of sp³-hybridized carbons (Fsp3) is 0.929. The summed E-state index contributed by atoms with van der Waals surface area (Å²) in [6, 6.07) is -0.145. The highest BCUT2D eigenvalue weighted by Gasteiger charge is 2.31. The summed E-state index contributed by atoms with van der Waals surface area (Å²) in [4.78, 5) is 12.3. The third-order valence-electron chi connectivity index (χ3n) is 4.60. The van der Waals surface area contributed by atoms with Gasteiger partial charge in [0.25, 0.3) is 0 Å². The molecule has 0 spiro atoms. The lowest BCUT2D eigenvalue weighted by Gasteiger charge is -2.31. The zero-order chi connectivity index (χ0) is 15.5. The highest BCUT2D eigenvalue weighted by atomic mass is 32.2. The van der Waals surface area contributed by atoms with E-state index in [2.05, 4.69) is 5.32 Å². The van der Waals surface area contributed by atoms with Crippen LogP contribution in [0.5, 0.6) is 0 Å². The maximum atomic E-state index is 12.3. The standard InChI is InChI=1S/C14H26N2O4S/c1-21(19,20)16-9-7-11(8-10-16)14(18)15-12-5-3-2-4-6-13(12)17/h11-13,17H,2-10H2,1H3,(H,15,18). The maximum Gasteiger partial charge on any atom is 0.223 e. The Hall–Kier alpha value is -0.660. The van der Waals surface area contributed by atoms with E-state index >= 15 is 0 Å². The summed E-state index contributed by atoms with van der Waals surface area (Å²) in [5, 5.41) is 13.0. The minimum atomic E-state index is -3.15. The van der Waals surface area contributed by atoms with Crippen molar-refractivity contribution in [2.24, 2.45) is 5.92 Å². The molecule has 6 nitrogen and oxygen atoms in total. The van der Waals surface area contributed by atoms with Gasteiger partial charge in [-0.1, -0.05) is 19.3 Å². The number of aliphatic hydroxyl groups excluding tert-OH is 1. The predicted octanol–water partition coefficient (Wildman–Crippen LogP) is 0.468. The Morgan fingerprint density at radius 1 is 1.10 bits per heavy atom. The molecule has 1 aliphatic heterocycles. The largest absolute Gasteiger partial charge is 0.391 e. The van der Waals surface area contributed by atoms with Gasteiger partial charge in [0.1, 0.15) is 0 Å². The minimum Gasteiger partial charge on any atom is -0.391 e. The van der Waals surface area contributed by atoms with Crippen LogP contribution in [0.15, 0.2) is 0 Å². The molecule has 2 rings (SSSR count). The molecule has 1 aliphatic carbocycles. The monoisotopic (exact) mass is 318 g/mol. The topological polar surface area (TPSA) is 86.7 Å². The van der Waals surface area contributed by atoms with Gasteiger partial charge in [0.2, 0.25) is 15.9 Å². The van der Waals surface area contributed by atoms with Crippen LogP contribution in [0.25, 0.3) is 0 Å². The van der Waals surface area contributed by atoms with Crippen molar-refractivity contribution in [2.45, 2.75) is 57.1 Å². The molecular weight excluding hydrogens is 292 g/mol. The molecule has 1 saturated heterocycles. The quantitative estimate of drug-likeness (QED) is 0.741. The van der Waals surface area contributed by atoms with E-state index in [0.29, 0.717) is 25.9 Å². The van der Waals surface area contributed by atoms with Crippen LogP contribution in [-0.2, 0) is 14.8 Å². The second-order valence-corrected chi connectivity index (χ2v) is 8.24. The average molecular weight is 318 g/mol. The number of amides is 1. The average Bonchev–Trinajstić information content (AvgIpc) is 2.63. The third kappa shape index (κ3) is 4.66. The van der Waals surface area contributed by atoms with Crippen LogP contribution >= 0.6 is 0 Å². The van der Waals surface area contributed by atoms with Crippen molar-refractivity contribution >= 4 is 15.9 Å². The van der Waals surface area contributed by atoms with Crippen LogP contribution in [0.3, 0.4) is 0 Å². The van der Waals surface area contributed by atoms with Crippen LogP contribution in [0.2, 0.25) is 0 Å². The molecule has 1 heterocycles. The van der Waals surface area contributed by atoms with E-state index in [9.17, 15) is 18.3 Å². The Morgan fingerprint density at radius 3 is 2.33 bits per heavy atom. The SMILES string of the molecule is CS(=O)(=O)N1CCC(C(=O)NC2CCCCCC2O)CC1. The van der Waals surface area contributed by atoms with E-state index in [1.807, 2.05) is 0 Å². The summed E-state index contributed by atoms with van der Waals surface area (Å²) in [6.07, 6.45) is 6.60. The summed E-state index contributed by atoms with van der Waals surface area (Å²) in [6.45, 7) is 0.814. The summed E-state index contributed by atoms with van der Waals surface area (Å²) in [7, 11) is -3.15. The summed E-state index contributed by atoms with van der Waals surface area (Å²) in [5.41, 5.74) is 0. The Balaban J connectivity index is 1.84. The lowest BCUT2D eigenvalue weighted by molar-refractivity contribution is -0.127. The van der Waals surface area contributed by atoms with Crippen molar-refractivity contribution in [3.63, 3.8) is 0 Å². The number of carbonyl (C=O) groups is 1. The molecule has 0 bridgehead atoms. The van der Waals surface area contributed by atoms with Gasteiger partial charge in [0.15, 0.2) is 0 Å². The van der Waals surface area contributed by atoms with E-state index < -0.39 is 16.1 Å². The molecular formula is C14H26N2O4S. The van der Waals surface area contributed by atoms with E-state index in [-0.39, 0.29) is 17.9 Å². The van der Waals surface area contributed by atoms with E-state index in [0.717, 1.165) is 32.1 Å². The van der Waals surface area contributed by atoms with Crippen LogP contribution in [0.4, 0.5) is 0 Å². The maximum absolute atomic E-state index is 12.3. The zero-order valence-corrected chi connectivity index (χ0v) is 13.4. The molecule has 21 heavy (non-hydrogen) atoms. The smallest absolute Gasteiger partial charge is 0.223 e. The van der Waals surface area contributed by atoms with Crippen LogP contribution in [0.1, 0.15) is 44.9 Å². The number of hydrogen-bond acceptors (Lipinski definition) is 4. The van der Waals surface area contributed by atoms with E-state index in [4.69, 9.17) is 0 Å². The number of nitrogens with zero attached hydrogens (tertiary/aromatic N) is 1. The van der Waals surface area contributed by atoms with Gasteiger partial charge >= 0.3 is 0 Å². The number of piperidine rings is 1. The summed E-state index contributed by atoms with van der Waals surface area (Å²) >= 11 is 0. The number of aliphatic hydroxyl groups is 1. The fourth-order valence-corrected chi connectivity index (χ4v) is 4.08. The molecule has 7 heteroatoms. The molecule has 2 N–H and O–H groups in total. The molecule has 2 atom stereocenters. The second kappa shape index (κ2) is 7.07. The second-order valence-electron chi connectivity index (χ2n) is 6.26. The minimum absolute atomic E-state index is 0.0332. The van der Waals surface area contributed by atoms with Gasteiger partial charge < -0.3 is 10.4 Å². The number of rotatable bonds is 3. The number of nitrogens with one attached hydrogen (secondary N) is 1. The lowest BCUT2D eigenvalue weighted by Crippen LogP contribution is -2.48. The Bertz CT molecular complexity index is 458. The van der Waals surface area contributed by atoms with Crippen LogP contribution in [0, 0.1) is 5.92 Å². The van der Waals surface area contributed by atoms with Crippen LogP contribution in [-0.4, -0.2) is 55.2 Å². The molecule has 0 aromatic heterocycles. The molecule has 1 saturated carbocycles. The van der Waals surface area contributed by atoms with Crippen molar-refractivity contribution in [3.8, 4) is 0 Å². The summed E-state index contributed by atoms with van der Waals surface area (Å²) in [5.74, 6) is -0.174. The predicted molar refractivity (Wildman–Crippen MR) is 80.2 cm³/mol. The van der Waals surface area contributed by atoms with E-state index in [1.165, 1.54) is 10.6 Å². The fourth-order valence-electron chi connectivity index (χ4n) is 3.21. The highest BCUT2D eigenvalue weighted by molar-refractivity contribution is 7.88. The summed E-state index contributed by atoms with van der Waals surface area (Å²) < 4.78 is 24.3. The Morgan fingerprint density at radius 2 is 1.71 bits per heavy atom. The molecule has 2 unspecified atom stereocenters. The first-order chi connectivity index (χ1) is 9.88. The molecule has 1 amide bonds. The zero-order valence-electron chi connectivity index (χ0n) is 12.6. The molecule has 0 aromatic rings. The third-order valence-corrected chi connectivity index (χ3v) is 5.90. The molecule has 122 valence electrons. The van der Waals surface area contributed by atoms with Gasteiger partial charge in [0, 0.05) is 19.0 Å². The lowest BCUT2D eigenvalue weighted by atomic mass is 9.96. The first kappa shape index (κ1) is 16.7. The molecule has 2 fully saturated rings. The van der Waals surface area contributed by atoms with Gasteiger partial charge in [-0.25, -0.2) is 12.7 Å². The van der Waals surface area contributed by atoms with Gasteiger partial charge in [-0.3, -0.25) is 4.79 Å². The van der Waals surface area contributed by atoms with Crippen molar-refractivity contribution in [1.82, 2.24) is 9.62 Å². The van der Waals surface area contributed by atoms with Gasteiger partial charge in [-0.2, -0.15) is 0 Å². The Kier molecular flexibility index (Phi) is 5.62. The van der Waals surface area contributed by atoms with Gasteiger partial charge in [0.05, 0.1) is 18.4 Å². The van der Waals surface area contributed by atoms with Crippen molar-refractivity contribution in [3.05, 3.63) is 0 Å². The van der Waals surface area contributed by atoms with Gasteiger partial charge in [-0.15, -0.1) is 0 Å². The van der Waals surface area contributed by atoms with Gasteiger partial charge in [-0.05, 0) is 25.7 Å². The van der Waals surface area contributed by atoms with Crippen molar-refractivity contribution in [2.75, 3.05) is 19.3 Å². The normalized spacial score (nSPS) is 29.8. The number of hydrogen-bond donors (Lipinski definition) is 2.